The number of carbonyl (C=O) groups is 2. The Hall–Kier alpha value is -1.15. The van der Waals surface area contributed by atoms with Crippen LogP contribution in [-0.2, 0) is 14.8 Å². The lowest BCUT2D eigenvalue weighted by atomic mass is 9.97. The van der Waals surface area contributed by atoms with E-state index in [0.717, 1.165) is 12.8 Å². The Morgan fingerprint density at radius 3 is 2.36 bits per heavy atom. The molecule has 0 aliphatic carbocycles. The molecule has 3 heterocycles. The van der Waals surface area contributed by atoms with Gasteiger partial charge in [-0.3, -0.25) is 9.69 Å². The maximum atomic E-state index is 12.7. The lowest BCUT2D eigenvalue weighted by molar-refractivity contribution is -0.133. The van der Waals surface area contributed by atoms with Gasteiger partial charge in [0, 0.05) is 25.7 Å². The fourth-order valence-electron chi connectivity index (χ4n) is 3.85. The van der Waals surface area contributed by atoms with Gasteiger partial charge in [0.2, 0.25) is 10.0 Å². The summed E-state index contributed by atoms with van der Waals surface area (Å²) < 4.78 is 25.3. The van der Waals surface area contributed by atoms with Crippen LogP contribution in [0.2, 0.25) is 0 Å². The second-order valence-electron chi connectivity index (χ2n) is 6.52. The molecule has 1 unspecified atom stereocenters. The minimum Gasteiger partial charge on any atom is -0.310 e. The zero-order valence-corrected chi connectivity index (χ0v) is 13.9. The maximum Gasteiger partial charge on any atom is 0.327 e. The Morgan fingerprint density at radius 1 is 1.18 bits per heavy atom. The molecule has 0 N–H and O–H groups in total. The monoisotopic (exact) mass is 329 g/mol. The normalized spacial score (nSPS) is 31.2. The fraction of sp³-hybridized carbons (Fsp3) is 0.857. The van der Waals surface area contributed by atoms with E-state index >= 15 is 0 Å². The molecule has 7 nitrogen and oxygen atoms in total. The number of sulfonamides is 1. The van der Waals surface area contributed by atoms with Gasteiger partial charge in [-0.1, -0.05) is 0 Å². The first-order valence-corrected chi connectivity index (χ1v) is 9.55. The summed E-state index contributed by atoms with van der Waals surface area (Å²) in [5, 5.41) is 0. The van der Waals surface area contributed by atoms with Crippen LogP contribution in [-0.4, -0.2) is 71.4 Å². The quantitative estimate of drug-likeness (QED) is 0.711. The molecule has 0 spiro atoms. The van der Waals surface area contributed by atoms with E-state index in [1.165, 1.54) is 9.21 Å². The number of hydrogen-bond donors (Lipinski definition) is 0. The van der Waals surface area contributed by atoms with E-state index in [-0.39, 0.29) is 23.7 Å². The Bertz CT molecular complexity index is 597. The van der Waals surface area contributed by atoms with Gasteiger partial charge in [-0.15, -0.1) is 0 Å². The van der Waals surface area contributed by atoms with Crippen LogP contribution in [0.5, 0.6) is 0 Å². The summed E-state index contributed by atoms with van der Waals surface area (Å²) in [6.45, 7) is 4.88. The van der Waals surface area contributed by atoms with Gasteiger partial charge in [-0.25, -0.2) is 17.5 Å². The summed E-state index contributed by atoms with van der Waals surface area (Å²) >= 11 is 0. The fourth-order valence-corrected chi connectivity index (χ4v) is 4.98. The van der Waals surface area contributed by atoms with Crippen LogP contribution in [0.25, 0.3) is 0 Å². The summed E-state index contributed by atoms with van der Waals surface area (Å²) in [7, 11) is -3.19. The Morgan fingerprint density at radius 2 is 1.82 bits per heavy atom. The molecule has 3 fully saturated rings. The SMILES string of the molecule is CCS(=O)(=O)N1CCC(N2C(=O)N3CCCC3(C)C2=O)CC1. The van der Waals surface area contributed by atoms with Crippen molar-refractivity contribution in [1.29, 1.82) is 0 Å². The number of nitrogens with zero attached hydrogens (tertiary/aromatic N) is 3. The molecule has 22 heavy (non-hydrogen) atoms. The Balaban J connectivity index is 1.72. The van der Waals surface area contributed by atoms with Gasteiger partial charge >= 0.3 is 6.03 Å². The second-order valence-corrected chi connectivity index (χ2v) is 8.78. The largest absolute Gasteiger partial charge is 0.327 e. The average Bonchev–Trinajstić information content (AvgIpc) is 2.97. The smallest absolute Gasteiger partial charge is 0.310 e. The van der Waals surface area contributed by atoms with Crippen LogP contribution in [0.1, 0.15) is 39.5 Å². The van der Waals surface area contributed by atoms with Gasteiger partial charge in [0.05, 0.1) is 5.75 Å². The molecule has 0 radical (unpaired) electrons. The molecular weight excluding hydrogens is 306 g/mol. The first kappa shape index (κ1) is 15.7. The zero-order chi connectivity index (χ0) is 16.1. The number of rotatable bonds is 3. The van der Waals surface area contributed by atoms with Crippen LogP contribution in [0.3, 0.4) is 0 Å². The van der Waals surface area contributed by atoms with E-state index in [0.29, 0.717) is 32.5 Å². The predicted octanol–water partition coefficient (Wildman–Crippen LogP) is 0.617. The van der Waals surface area contributed by atoms with Crippen molar-refractivity contribution in [2.75, 3.05) is 25.4 Å². The van der Waals surface area contributed by atoms with E-state index in [4.69, 9.17) is 0 Å². The van der Waals surface area contributed by atoms with Crippen LogP contribution >= 0.6 is 0 Å². The second kappa shape index (κ2) is 5.19. The molecule has 124 valence electrons. The third kappa shape index (κ3) is 2.15. The molecule has 3 amide bonds. The number of fused-ring (bicyclic) bond motifs is 1. The summed E-state index contributed by atoms with van der Waals surface area (Å²) in [5.41, 5.74) is -0.677. The lowest BCUT2D eigenvalue weighted by Crippen LogP contribution is -2.50. The third-order valence-electron chi connectivity index (χ3n) is 5.30. The van der Waals surface area contributed by atoms with Gasteiger partial charge in [0.1, 0.15) is 5.54 Å². The van der Waals surface area contributed by atoms with Crippen molar-refractivity contribution >= 4 is 22.0 Å². The number of carbonyl (C=O) groups excluding carboxylic acids is 2. The van der Waals surface area contributed by atoms with E-state index in [1.807, 2.05) is 6.92 Å². The molecule has 8 heteroatoms. The molecule has 0 aromatic rings. The van der Waals surface area contributed by atoms with Gasteiger partial charge in [0.25, 0.3) is 5.91 Å². The van der Waals surface area contributed by atoms with Gasteiger partial charge in [-0.2, -0.15) is 0 Å². The van der Waals surface area contributed by atoms with Gasteiger partial charge in [-0.05, 0) is 39.5 Å². The van der Waals surface area contributed by atoms with Crippen LogP contribution < -0.4 is 0 Å². The number of hydrogen-bond acceptors (Lipinski definition) is 4. The Labute approximate surface area is 131 Å². The van der Waals surface area contributed by atoms with Crippen molar-refractivity contribution in [3.8, 4) is 0 Å². The van der Waals surface area contributed by atoms with E-state index in [2.05, 4.69) is 0 Å². The summed E-state index contributed by atoms with van der Waals surface area (Å²) in [5.74, 6) is -0.0164. The standard InChI is InChI=1S/C14H23N3O4S/c1-3-22(20,21)15-9-5-11(6-10-15)17-12(18)14(2)7-4-8-16(14)13(17)19/h11H,3-10H2,1-2H3. The molecule has 3 saturated heterocycles. The van der Waals surface area contributed by atoms with E-state index < -0.39 is 15.6 Å². The van der Waals surface area contributed by atoms with Crippen LogP contribution in [0, 0.1) is 0 Å². The van der Waals surface area contributed by atoms with Crippen molar-refractivity contribution < 1.29 is 18.0 Å². The number of imide groups is 1. The first-order chi connectivity index (χ1) is 10.3. The minimum atomic E-state index is -3.19. The van der Waals surface area contributed by atoms with Crippen molar-refractivity contribution in [3.63, 3.8) is 0 Å². The zero-order valence-electron chi connectivity index (χ0n) is 13.1. The summed E-state index contributed by atoms with van der Waals surface area (Å²) in [6.07, 6.45) is 2.65. The molecule has 1 atom stereocenters. The number of amides is 3. The number of urea groups is 1. The molecule has 0 aromatic carbocycles. The highest BCUT2D eigenvalue weighted by atomic mass is 32.2. The van der Waals surface area contributed by atoms with Crippen LogP contribution in [0.15, 0.2) is 0 Å². The van der Waals surface area contributed by atoms with Gasteiger partial charge in [0.15, 0.2) is 0 Å². The lowest BCUT2D eigenvalue weighted by Gasteiger charge is -2.35. The molecule has 0 aromatic heterocycles. The van der Waals surface area contributed by atoms with Crippen molar-refractivity contribution in [3.05, 3.63) is 0 Å². The molecule has 3 aliphatic heterocycles. The van der Waals surface area contributed by atoms with E-state index in [9.17, 15) is 18.0 Å². The van der Waals surface area contributed by atoms with Crippen molar-refractivity contribution in [2.24, 2.45) is 0 Å². The maximum absolute atomic E-state index is 12.7. The molecule has 3 aliphatic rings. The number of piperidine rings is 1. The van der Waals surface area contributed by atoms with Crippen LogP contribution in [0.4, 0.5) is 4.79 Å². The van der Waals surface area contributed by atoms with E-state index in [1.54, 1.807) is 11.8 Å². The highest BCUT2D eigenvalue weighted by Crippen LogP contribution is 2.39. The average molecular weight is 329 g/mol. The summed E-state index contributed by atoms with van der Waals surface area (Å²) in [6, 6.07) is -0.368. The predicted molar refractivity (Wildman–Crippen MR) is 80.6 cm³/mol. The van der Waals surface area contributed by atoms with Crippen molar-refractivity contribution in [1.82, 2.24) is 14.1 Å². The highest BCUT2D eigenvalue weighted by molar-refractivity contribution is 7.89. The topological polar surface area (TPSA) is 78.0 Å². The highest BCUT2D eigenvalue weighted by Gasteiger charge is 2.58. The molecule has 3 rings (SSSR count). The molecule has 0 bridgehead atoms. The Kier molecular flexibility index (Phi) is 3.71. The minimum absolute atomic E-state index is 0.0884. The van der Waals surface area contributed by atoms with Crippen molar-refractivity contribution in [2.45, 2.75) is 51.1 Å². The summed E-state index contributed by atoms with van der Waals surface area (Å²) in [4.78, 5) is 28.3. The molecular formula is C14H23N3O4S. The molecule has 0 saturated carbocycles. The van der Waals surface area contributed by atoms with Gasteiger partial charge < -0.3 is 4.90 Å². The third-order valence-corrected chi connectivity index (χ3v) is 7.19. The first-order valence-electron chi connectivity index (χ1n) is 7.94.